The number of hydrogen-bond donors (Lipinski definition) is 2. The van der Waals surface area contributed by atoms with Gasteiger partial charge in [0.2, 0.25) is 0 Å². The van der Waals surface area contributed by atoms with E-state index in [0.29, 0.717) is 29.5 Å². The van der Waals surface area contributed by atoms with Gasteiger partial charge in [0, 0.05) is 22.3 Å². The number of hydrogen-bond acceptors (Lipinski definition) is 4. The van der Waals surface area contributed by atoms with Crippen LogP contribution >= 0.6 is 0 Å². The maximum atomic E-state index is 12.3. The normalized spacial score (nSPS) is 27.0. The fourth-order valence-corrected chi connectivity index (χ4v) is 2.65. The molecule has 0 saturated carbocycles. The van der Waals surface area contributed by atoms with Gasteiger partial charge in [-0.05, 0) is 12.8 Å². The zero-order chi connectivity index (χ0) is 12.9. The summed E-state index contributed by atoms with van der Waals surface area (Å²) in [6, 6.07) is 6.59. The van der Waals surface area contributed by atoms with E-state index in [2.05, 4.69) is 0 Å². The molecule has 0 saturated heterocycles. The second kappa shape index (κ2) is 3.86. The summed E-state index contributed by atoms with van der Waals surface area (Å²) in [5.41, 5.74) is 1.15. The lowest BCUT2D eigenvalue weighted by atomic mass is 9.75. The summed E-state index contributed by atoms with van der Waals surface area (Å²) in [5.74, 6) is -0.544. The molecule has 1 aromatic rings. The molecule has 4 nitrogen and oxygen atoms in total. The highest BCUT2D eigenvalue weighted by atomic mass is 16.3. The van der Waals surface area contributed by atoms with E-state index < -0.39 is 12.2 Å². The van der Waals surface area contributed by atoms with Gasteiger partial charge in [0.05, 0.1) is 6.10 Å². The van der Waals surface area contributed by atoms with Crippen molar-refractivity contribution in [3.8, 4) is 0 Å². The zero-order valence-corrected chi connectivity index (χ0v) is 9.59. The Kier molecular flexibility index (Phi) is 2.43. The molecule has 0 bridgehead atoms. The Morgan fingerprint density at radius 1 is 1.00 bits per heavy atom. The van der Waals surface area contributed by atoms with Gasteiger partial charge in [-0.25, -0.2) is 0 Å². The maximum Gasteiger partial charge on any atom is 0.192 e. The monoisotopic (exact) mass is 244 g/mol. The standard InChI is InChI=1S/C14H12O4/c15-10-6-5-9-11(14(10)18)13(17)8-4-2-1-3-7(8)12(9)16/h1-4,10,14-15,18H,5-6H2. The van der Waals surface area contributed by atoms with Crippen LogP contribution in [0.1, 0.15) is 33.6 Å². The van der Waals surface area contributed by atoms with Crippen molar-refractivity contribution in [2.45, 2.75) is 25.0 Å². The molecule has 2 N–H and O–H groups in total. The van der Waals surface area contributed by atoms with Gasteiger partial charge < -0.3 is 10.2 Å². The first-order chi connectivity index (χ1) is 8.61. The van der Waals surface area contributed by atoms with Gasteiger partial charge in [0.1, 0.15) is 6.10 Å². The van der Waals surface area contributed by atoms with Crippen LogP contribution < -0.4 is 0 Å². The minimum atomic E-state index is -1.25. The van der Waals surface area contributed by atoms with Crippen molar-refractivity contribution in [1.82, 2.24) is 0 Å². The first-order valence-electron chi connectivity index (χ1n) is 5.89. The Morgan fingerprint density at radius 2 is 1.61 bits per heavy atom. The van der Waals surface area contributed by atoms with Crippen molar-refractivity contribution >= 4 is 11.6 Å². The van der Waals surface area contributed by atoms with E-state index in [9.17, 15) is 19.8 Å². The quantitative estimate of drug-likeness (QED) is 0.710. The number of aliphatic hydroxyl groups excluding tert-OH is 2. The van der Waals surface area contributed by atoms with E-state index in [1.807, 2.05) is 0 Å². The van der Waals surface area contributed by atoms with E-state index in [1.165, 1.54) is 0 Å². The molecular weight excluding hydrogens is 232 g/mol. The average molecular weight is 244 g/mol. The highest BCUT2D eigenvalue weighted by molar-refractivity contribution is 6.27. The third-order valence-corrected chi connectivity index (χ3v) is 3.61. The largest absolute Gasteiger partial charge is 0.390 e. The fraction of sp³-hybridized carbons (Fsp3) is 0.286. The first-order valence-corrected chi connectivity index (χ1v) is 5.89. The number of aliphatic hydroxyl groups is 2. The van der Waals surface area contributed by atoms with Crippen LogP contribution in [-0.2, 0) is 0 Å². The van der Waals surface area contributed by atoms with E-state index in [1.54, 1.807) is 24.3 Å². The van der Waals surface area contributed by atoms with E-state index in [-0.39, 0.29) is 17.1 Å². The molecule has 0 amide bonds. The zero-order valence-electron chi connectivity index (χ0n) is 9.59. The second-order valence-electron chi connectivity index (χ2n) is 4.65. The van der Waals surface area contributed by atoms with Crippen LogP contribution in [0.25, 0.3) is 0 Å². The maximum absolute atomic E-state index is 12.3. The van der Waals surface area contributed by atoms with Crippen LogP contribution in [0.4, 0.5) is 0 Å². The third kappa shape index (κ3) is 1.39. The minimum Gasteiger partial charge on any atom is -0.390 e. The van der Waals surface area contributed by atoms with Crippen LogP contribution in [-0.4, -0.2) is 34.0 Å². The first kappa shape index (κ1) is 11.3. The number of carbonyl (C=O) groups is 2. The molecule has 92 valence electrons. The second-order valence-corrected chi connectivity index (χ2v) is 4.65. The predicted molar refractivity (Wildman–Crippen MR) is 63.4 cm³/mol. The number of Topliss-reactive ketones (excluding diaryl/α,β-unsaturated/α-hetero) is 2. The third-order valence-electron chi connectivity index (χ3n) is 3.61. The molecule has 2 unspecified atom stereocenters. The lowest BCUT2D eigenvalue weighted by molar-refractivity contribution is 0.0270. The summed E-state index contributed by atoms with van der Waals surface area (Å²) in [4.78, 5) is 24.5. The van der Waals surface area contributed by atoms with Crippen molar-refractivity contribution < 1.29 is 19.8 Å². The van der Waals surface area contributed by atoms with Crippen molar-refractivity contribution in [2.75, 3.05) is 0 Å². The van der Waals surface area contributed by atoms with Gasteiger partial charge in [-0.15, -0.1) is 0 Å². The Bertz CT molecular complexity index is 585. The summed E-state index contributed by atoms with van der Waals surface area (Å²) in [6.45, 7) is 0. The molecule has 2 aliphatic carbocycles. The molecule has 2 aliphatic rings. The van der Waals surface area contributed by atoms with Crippen LogP contribution in [0.5, 0.6) is 0 Å². The Labute approximate surface area is 104 Å². The number of rotatable bonds is 0. The summed E-state index contributed by atoms with van der Waals surface area (Å²) in [7, 11) is 0. The Balaban J connectivity index is 2.21. The lowest BCUT2D eigenvalue weighted by Gasteiger charge is -2.31. The van der Waals surface area contributed by atoms with Gasteiger partial charge >= 0.3 is 0 Å². The number of carbonyl (C=O) groups excluding carboxylic acids is 2. The van der Waals surface area contributed by atoms with E-state index in [4.69, 9.17) is 0 Å². The number of allylic oxidation sites excluding steroid dienone is 1. The molecule has 1 aromatic carbocycles. The summed E-state index contributed by atoms with van der Waals surface area (Å²) in [6.07, 6.45) is -1.57. The fourth-order valence-electron chi connectivity index (χ4n) is 2.65. The molecule has 3 rings (SSSR count). The lowest BCUT2D eigenvalue weighted by Crippen LogP contribution is -2.39. The van der Waals surface area contributed by atoms with Crippen molar-refractivity contribution in [3.63, 3.8) is 0 Å². The van der Waals surface area contributed by atoms with Crippen molar-refractivity contribution in [3.05, 3.63) is 46.5 Å². The van der Waals surface area contributed by atoms with E-state index >= 15 is 0 Å². The van der Waals surface area contributed by atoms with E-state index in [0.717, 1.165) is 0 Å². The molecule has 0 fully saturated rings. The van der Waals surface area contributed by atoms with Gasteiger partial charge in [0.15, 0.2) is 11.6 Å². The molecule has 18 heavy (non-hydrogen) atoms. The van der Waals surface area contributed by atoms with Crippen molar-refractivity contribution in [1.29, 1.82) is 0 Å². The summed E-state index contributed by atoms with van der Waals surface area (Å²) < 4.78 is 0. The Morgan fingerprint density at radius 3 is 2.28 bits per heavy atom. The Hall–Kier alpha value is -1.78. The van der Waals surface area contributed by atoms with Gasteiger partial charge in [-0.1, -0.05) is 24.3 Å². The molecule has 0 aromatic heterocycles. The number of ketones is 2. The molecular formula is C14H12O4. The van der Waals surface area contributed by atoms with Gasteiger partial charge in [0.25, 0.3) is 0 Å². The molecule has 0 aliphatic heterocycles. The van der Waals surface area contributed by atoms with Crippen LogP contribution in [0.15, 0.2) is 35.4 Å². The minimum absolute atomic E-state index is 0.0810. The van der Waals surface area contributed by atoms with Crippen LogP contribution in [0, 0.1) is 0 Å². The molecule has 0 heterocycles. The molecule has 0 spiro atoms. The predicted octanol–water partition coefficient (Wildman–Crippen LogP) is 0.878. The number of benzene rings is 1. The highest BCUT2D eigenvalue weighted by Gasteiger charge is 2.40. The van der Waals surface area contributed by atoms with Crippen molar-refractivity contribution in [2.24, 2.45) is 0 Å². The summed E-state index contributed by atoms with van der Waals surface area (Å²) >= 11 is 0. The SMILES string of the molecule is O=C1C2=C(C(=O)c3ccccc31)C(O)C(O)CC2. The highest BCUT2D eigenvalue weighted by Crippen LogP contribution is 2.35. The van der Waals surface area contributed by atoms with Crippen LogP contribution in [0.2, 0.25) is 0 Å². The summed E-state index contributed by atoms with van der Waals surface area (Å²) in [5, 5.41) is 19.5. The molecule has 0 radical (unpaired) electrons. The topological polar surface area (TPSA) is 74.6 Å². The van der Waals surface area contributed by atoms with Gasteiger partial charge in [-0.2, -0.15) is 0 Å². The molecule has 2 atom stereocenters. The van der Waals surface area contributed by atoms with Crippen LogP contribution in [0.3, 0.4) is 0 Å². The average Bonchev–Trinajstić information content (AvgIpc) is 2.39. The molecule has 4 heteroatoms. The van der Waals surface area contributed by atoms with Gasteiger partial charge in [-0.3, -0.25) is 9.59 Å². The smallest absolute Gasteiger partial charge is 0.192 e. The number of fused-ring (bicyclic) bond motifs is 1.